The van der Waals surface area contributed by atoms with Crippen LogP contribution in [0.2, 0.25) is 5.02 Å². The molecule has 3 N–H and O–H groups in total. The average Bonchev–Trinajstić information content (AvgIpc) is 2.21. The highest BCUT2D eigenvalue weighted by molar-refractivity contribution is 6.31. The zero-order valence-electron chi connectivity index (χ0n) is 8.49. The van der Waals surface area contributed by atoms with Crippen LogP contribution in [0, 0.1) is 5.82 Å². The van der Waals surface area contributed by atoms with E-state index in [4.69, 9.17) is 22.4 Å². The molecule has 0 aliphatic rings. The van der Waals surface area contributed by atoms with Crippen LogP contribution in [0.25, 0.3) is 0 Å². The first-order valence-electron chi connectivity index (χ1n) is 4.66. The Hall–Kier alpha value is -1.33. The van der Waals surface area contributed by atoms with Crippen LogP contribution in [0.3, 0.4) is 0 Å². The molecule has 0 heterocycles. The lowest BCUT2D eigenvalue weighted by atomic mass is 10.2. The Morgan fingerprint density at radius 2 is 2.25 bits per heavy atom. The number of anilines is 1. The molecule has 88 valence electrons. The van der Waals surface area contributed by atoms with E-state index in [0.29, 0.717) is 18.8 Å². The minimum Gasteiger partial charge on any atom is -0.480 e. The number of nitrogens with two attached hydrogens (primary N) is 1. The zero-order chi connectivity index (χ0) is 12.1. The Bertz CT molecular complexity index is 387. The van der Waals surface area contributed by atoms with E-state index >= 15 is 0 Å². The molecule has 0 unspecified atom stereocenters. The molecule has 4 nitrogen and oxygen atoms in total. The van der Waals surface area contributed by atoms with Gasteiger partial charge in [0.1, 0.15) is 12.4 Å². The van der Waals surface area contributed by atoms with Gasteiger partial charge in [0.15, 0.2) is 0 Å². The third-order valence-corrected chi connectivity index (χ3v) is 2.28. The fourth-order valence-electron chi connectivity index (χ4n) is 1.30. The standard InChI is InChI=1S/C10H12ClFN2O2/c11-8-5-7(1-2-9(8)12)14(4-3-13)6-10(15)16/h1-2,5H,3-4,6,13H2,(H,15,16). The largest absolute Gasteiger partial charge is 0.480 e. The summed E-state index contributed by atoms with van der Waals surface area (Å²) in [6, 6.07) is 4.05. The second-order valence-corrected chi connectivity index (χ2v) is 3.61. The van der Waals surface area contributed by atoms with Gasteiger partial charge in [-0.2, -0.15) is 0 Å². The van der Waals surface area contributed by atoms with Crippen molar-refractivity contribution in [2.75, 3.05) is 24.5 Å². The molecular weight excluding hydrogens is 235 g/mol. The summed E-state index contributed by atoms with van der Waals surface area (Å²) in [5.41, 5.74) is 5.91. The Kier molecular flexibility index (Phi) is 4.52. The van der Waals surface area contributed by atoms with Gasteiger partial charge in [0.2, 0.25) is 0 Å². The quantitative estimate of drug-likeness (QED) is 0.823. The number of rotatable bonds is 5. The highest BCUT2D eigenvalue weighted by Gasteiger charge is 2.11. The van der Waals surface area contributed by atoms with Crippen LogP contribution in [-0.2, 0) is 4.79 Å². The number of hydrogen-bond donors (Lipinski definition) is 2. The van der Waals surface area contributed by atoms with Crippen LogP contribution in [0.5, 0.6) is 0 Å². The molecule has 0 aromatic heterocycles. The normalized spacial score (nSPS) is 10.2. The van der Waals surface area contributed by atoms with Gasteiger partial charge in [-0.15, -0.1) is 0 Å². The Morgan fingerprint density at radius 1 is 1.56 bits per heavy atom. The molecular formula is C10H12ClFN2O2. The number of benzene rings is 1. The van der Waals surface area contributed by atoms with Gasteiger partial charge in [0, 0.05) is 18.8 Å². The summed E-state index contributed by atoms with van der Waals surface area (Å²) in [5.74, 6) is -1.51. The van der Waals surface area contributed by atoms with E-state index in [0.717, 1.165) is 0 Å². The van der Waals surface area contributed by atoms with Crippen molar-refractivity contribution in [1.29, 1.82) is 0 Å². The predicted octanol–water partition coefficient (Wildman–Crippen LogP) is 1.33. The minimum atomic E-state index is -0.978. The molecule has 0 atom stereocenters. The molecule has 0 fully saturated rings. The van der Waals surface area contributed by atoms with Crippen LogP contribution >= 0.6 is 11.6 Å². The molecule has 1 aromatic rings. The highest BCUT2D eigenvalue weighted by atomic mass is 35.5. The maximum atomic E-state index is 12.9. The lowest BCUT2D eigenvalue weighted by molar-refractivity contribution is -0.135. The first kappa shape index (κ1) is 12.7. The topological polar surface area (TPSA) is 66.6 Å². The smallest absolute Gasteiger partial charge is 0.323 e. The number of carboxylic acid groups (broad SMARTS) is 1. The number of nitrogens with zero attached hydrogens (tertiary/aromatic N) is 1. The van der Waals surface area contributed by atoms with Gasteiger partial charge in [0.25, 0.3) is 0 Å². The maximum absolute atomic E-state index is 12.9. The molecule has 0 saturated carbocycles. The van der Waals surface area contributed by atoms with E-state index in [2.05, 4.69) is 0 Å². The Morgan fingerprint density at radius 3 is 2.75 bits per heavy atom. The molecule has 6 heteroatoms. The van der Waals surface area contributed by atoms with Crippen molar-refractivity contribution >= 4 is 23.3 Å². The number of halogens is 2. The summed E-state index contributed by atoms with van der Waals surface area (Å²) >= 11 is 5.61. The van der Waals surface area contributed by atoms with Crippen LogP contribution in [-0.4, -0.2) is 30.7 Å². The minimum absolute atomic E-state index is 0.0371. The molecule has 0 spiro atoms. The van der Waals surface area contributed by atoms with Crippen molar-refractivity contribution in [2.24, 2.45) is 5.73 Å². The van der Waals surface area contributed by atoms with E-state index in [1.165, 1.54) is 23.1 Å². The van der Waals surface area contributed by atoms with Gasteiger partial charge in [0.05, 0.1) is 5.02 Å². The number of carboxylic acids is 1. The summed E-state index contributed by atoms with van der Waals surface area (Å²) < 4.78 is 12.9. The molecule has 1 rings (SSSR count). The lowest BCUT2D eigenvalue weighted by Gasteiger charge is -2.22. The number of carbonyl (C=O) groups is 1. The first-order chi connectivity index (χ1) is 7.54. The second kappa shape index (κ2) is 5.67. The van der Waals surface area contributed by atoms with Gasteiger partial charge in [-0.1, -0.05) is 11.6 Å². The molecule has 0 aliphatic heterocycles. The number of aliphatic carboxylic acids is 1. The van der Waals surface area contributed by atoms with Crippen LogP contribution in [0.15, 0.2) is 18.2 Å². The fourth-order valence-corrected chi connectivity index (χ4v) is 1.48. The Labute approximate surface area is 97.4 Å². The Balaban J connectivity index is 2.91. The molecule has 0 radical (unpaired) electrons. The fraction of sp³-hybridized carbons (Fsp3) is 0.300. The third kappa shape index (κ3) is 3.36. The summed E-state index contributed by atoms with van der Waals surface area (Å²) in [6.07, 6.45) is 0. The maximum Gasteiger partial charge on any atom is 0.323 e. The van der Waals surface area contributed by atoms with Gasteiger partial charge >= 0.3 is 5.97 Å². The van der Waals surface area contributed by atoms with Gasteiger partial charge in [-0.05, 0) is 18.2 Å². The van der Waals surface area contributed by atoms with Crippen molar-refractivity contribution in [3.8, 4) is 0 Å². The van der Waals surface area contributed by atoms with Gasteiger partial charge < -0.3 is 15.7 Å². The van der Waals surface area contributed by atoms with Crippen LogP contribution in [0.1, 0.15) is 0 Å². The monoisotopic (exact) mass is 246 g/mol. The van der Waals surface area contributed by atoms with E-state index in [1.807, 2.05) is 0 Å². The van der Waals surface area contributed by atoms with Crippen molar-refractivity contribution in [1.82, 2.24) is 0 Å². The SMILES string of the molecule is NCCN(CC(=O)O)c1ccc(F)c(Cl)c1. The third-order valence-electron chi connectivity index (χ3n) is 1.99. The lowest BCUT2D eigenvalue weighted by Crippen LogP contribution is -2.34. The molecule has 0 aliphatic carbocycles. The molecule has 16 heavy (non-hydrogen) atoms. The molecule has 1 aromatic carbocycles. The van der Waals surface area contributed by atoms with E-state index in [-0.39, 0.29) is 11.6 Å². The summed E-state index contributed by atoms with van der Waals surface area (Å²) in [5, 5.41) is 8.67. The van der Waals surface area contributed by atoms with Gasteiger partial charge in [-0.25, -0.2) is 4.39 Å². The van der Waals surface area contributed by atoms with Crippen molar-refractivity contribution in [3.05, 3.63) is 29.0 Å². The van der Waals surface area contributed by atoms with E-state index in [9.17, 15) is 9.18 Å². The summed E-state index contributed by atoms with van der Waals surface area (Å²) in [6.45, 7) is 0.482. The molecule has 0 amide bonds. The van der Waals surface area contributed by atoms with Crippen molar-refractivity contribution in [2.45, 2.75) is 0 Å². The van der Waals surface area contributed by atoms with Gasteiger partial charge in [-0.3, -0.25) is 4.79 Å². The van der Waals surface area contributed by atoms with Crippen molar-refractivity contribution < 1.29 is 14.3 Å². The van der Waals surface area contributed by atoms with Crippen LogP contribution < -0.4 is 10.6 Å². The molecule has 0 saturated heterocycles. The number of hydrogen-bond acceptors (Lipinski definition) is 3. The zero-order valence-corrected chi connectivity index (χ0v) is 9.25. The predicted molar refractivity (Wildman–Crippen MR) is 60.3 cm³/mol. The first-order valence-corrected chi connectivity index (χ1v) is 5.04. The van der Waals surface area contributed by atoms with E-state index < -0.39 is 11.8 Å². The summed E-state index contributed by atoms with van der Waals surface area (Å²) in [4.78, 5) is 12.1. The second-order valence-electron chi connectivity index (χ2n) is 3.20. The van der Waals surface area contributed by atoms with Crippen molar-refractivity contribution in [3.63, 3.8) is 0 Å². The average molecular weight is 247 g/mol. The van der Waals surface area contributed by atoms with Crippen LogP contribution in [0.4, 0.5) is 10.1 Å². The van der Waals surface area contributed by atoms with E-state index in [1.54, 1.807) is 0 Å². The molecule has 0 bridgehead atoms. The highest BCUT2D eigenvalue weighted by Crippen LogP contribution is 2.22. The summed E-state index contributed by atoms with van der Waals surface area (Å²) in [7, 11) is 0.